The van der Waals surface area contributed by atoms with E-state index in [2.05, 4.69) is 16.3 Å². The summed E-state index contributed by atoms with van der Waals surface area (Å²) >= 11 is 0. The maximum atomic E-state index is 13.3. The van der Waals surface area contributed by atoms with Gasteiger partial charge in [0.05, 0.1) is 18.2 Å². The van der Waals surface area contributed by atoms with Crippen LogP contribution in [0.15, 0.2) is 29.5 Å². The lowest BCUT2D eigenvalue weighted by molar-refractivity contribution is -0.139. The first-order chi connectivity index (χ1) is 16.7. The van der Waals surface area contributed by atoms with Gasteiger partial charge < -0.3 is 15.0 Å². The Hall–Kier alpha value is -2.87. The van der Waals surface area contributed by atoms with Crippen molar-refractivity contribution in [1.82, 2.24) is 20.0 Å². The van der Waals surface area contributed by atoms with Gasteiger partial charge in [0.2, 0.25) is 5.91 Å². The normalized spacial score (nSPS) is 19.6. The minimum atomic E-state index is -0.578. The van der Waals surface area contributed by atoms with E-state index in [0.717, 1.165) is 36.2 Å². The number of carbonyl (C=O) groups excluding carboxylic acids is 3. The molecule has 8 heteroatoms. The number of benzene rings is 1. The lowest BCUT2D eigenvalue weighted by atomic mass is 9.90. The van der Waals surface area contributed by atoms with Crippen LogP contribution in [0.3, 0.4) is 0 Å². The fourth-order valence-electron chi connectivity index (χ4n) is 4.97. The molecule has 8 nitrogen and oxygen atoms in total. The fourth-order valence-corrected chi connectivity index (χ4v) is 4.97. The first-order valence-corrected chi connectivity index (χ1v) is 12.7. The zero-order chi connectivity index (χ0) is 25.7. The molecule has 0 spiro atoms. The number of rotatable bonds is 7. The molecule has 35 heavy (non-hydrogen) atoms. The van der Waals surface area contributed by atoms with Crippen molar-refractivity contribution in [3.05, 3.63) is 46.2 Å². The molecule has 2 heterocycles. The highest BCUT2D eigenvalue weighted by atomic mass is 16.5. The van der Waals surface area contributed by atoms with E-state index >= 15 is 0 Å². The summed E-state index contributed by atoms with van der Waals surface area (Å²) in [7, 11) is 0. The van der Waals surface area contributed by atoms with Crippen molar-refractivity contribution >= 4 is 17.9 Å². The van der Waals surface area contributed by atoms with Crippen LogP contribution in [0, 0.1) is 19.8 Å². The number of likely N-dealkylation sites (N-methyl/N-ethyl adjacent to an activating group) is 1. The van der Waals surface area contributed by atoms with E-state index in [1.807, 2.05) is 51.7 Å². The minimum Gasteiger partial charge on any atom is -0.463 e. The molecule has 2 aliphatic heterocycles. The zero-order valence-electron chi connectivity index (χ0n) is 22.0. The molecule has 3 rings (SSSR count). The topological polar surface area (TPSA) is 82.2 Å². The van der Waals surface area contributed by atoms with Gasteiger partial charge in [0.25, 0.3) is 0 Å². The van der Waals surface area contributed by atoms with E-state index in [9.17, 15) is 14.4 Å². The number of esters is 1. The Morgan fingerprint density at radius 2 is 1.86 bits per heavy atom. The molecule has 0 radical (unpaired) electrons. The number of carbonyl (C=O) groups is 3. The monoisotopic (exact) mass is 484 g/mol. The van der Waals surface area contributed by atoms with Crippen molar-refractivity contribution in [2.45, 2.75) is 54.0 Å². The Labute approximate surface area is 209 Å². The highest BCUT2D eigenvalue weighted by Crippen LogP contribution is 2.34. The van der Waals surface area contributed by atoms with Crippen molar-refractivity contribution < 1.29 is 19.1 Å². The molecule has 192 valence electrons. The van der Waals surface area contributed by atoms with Crippen molar-refractivity contribution in [2.24, 2.45) is 5.92 Å². The Morgan fingerprint density at radius 3 is 2.49 bits per heavy atom. The first-order valence-electron chi connectivity index (χ1n) is 12.7. The number of nitrogens with zero attached hydrogens (tertiary/aromatic N) is 3. The Kier molecular flexibility index (Phi) is 8.94. The summed E-state index contributed by atoms with van der Waals surface area (Å²) in [5.41, 5.74) is 4.20. The predicted octanol–water partition coefficient (Wildman–Crippen LogP) is 3.40. The number of ether oxygens (including phenoxy) is 1. The van der Waals surface area contributed by atoms with Crippen LogP contribution in [0.1, 0.15) is 56.8 Å². The van der Waals surface area contributed by atoms with Gasteiger partial charge in [-0.1, -0.05) is 37.6 Å². The third-order valence-electron chi connectivity index (χ3n) is 6.75. The standard InChI is InChI=1S/C27H40N4O4/c1-7-31-22(17-29-12-9-13-30(15-14-29)25(32)18(3)4)23(26(33)35-8-2)24(28-27(31)34)21-11-10-19(5)16-20(21)6/h10-11,16,18,24H,7-9,12-15,17H2,1-6H3,(H,28,34). The summed E-state index contributed by atoms with van der Waals surface area (Å²) in [6.45, 7) is 15.5. The highest BCUT2D eigenvalue weighted by molar-refractivity contribution is 5.95. The molecule has 0 aromatic heterocycles. The number of urea groups is 1. The van der Waals surface area contributed by atoms with Crippen molar-refractivity contribution in [2.75, 3.05) is 45.9 Å². The van der Waals surface area contributed by atoms with Crippen LogP contribution in [0.5, 0.6) is 0 Å². The molecular formula is C27H40N4O4. The molecule has 1 aromatic rings. The van der Waals surface area contributed by atoms with Crippen molar-refractivity contribution in [3.63, 3.8) is 0 Å². The van der Waals surface area contributed by atoms with E-state index in [-0.39, 0.29) is 24.5 Å². The summed E-state index contributed by atoms with van der Waals surface area (Å²) in [6, 6.07) is 5.25. The average Bonchev–Trinajstić information content (AvgIpc) is 3.04. The first kappa shape index (κ1) is 26.7. The van der Waals surface area contributed by atoms with Crippen LogP contribution < -0.4 is 5.32 Å². The number of hydrogen-bond donors (Lipinski definition) is 1. The SMILES string of the molecule is CCOC(=O)C1=C(CN2CCCN(C(=O)C(C)C)CC2)N(CC)C(=O)NC1c1ccc(C)cc1C. The largest absolute Gasteiger partial charge is 0.463 e. The van der Waals surface area contributed by atoms with Gasteiger partial charge in [0, 0.05) is 50.9 Å². The lowest BCUT2D eigenvalue weighted by Crippen LogP contribution is -2.51. The second-order valence-electron chi connectivity index (χ2n) is 9.68. The van der Waals surface area contributed by atoms with Crippen molar-refractivity contribution in [1.29, 1.82) is 0 Å². The maximum absolute atomic E-state index is 13.3. The molecule has 0 bridgehead atoms. The van der Waals surface area contributed by atoms with Crippen LogP contribution >= 0.6 is 0 Å². The summed E-state index contributed by atoms with van der Waals surface area (Å²) in [6.07, 6.45) is 0.847. The Morgan fingerprint density at radius 1 is 1.11 bits per heavy atom. The smallest absolute Gasteiger partial charge is 0.338 e. The molecule has 1 fully saturated rings. The summed E-state index contributed by atoms with van der Waals surface area (Å²) in [5, 5.41) is 3.05. The van der Waals surface area contributed by atoms with Gasteiger partial charge in [-0.3, -0.25) is 14.6 Å². The zero-order valence-corrected chi connectivity index (χ0v) is 22.0. The molecular weight excluding hydrogens is 444 g/mol. The molecule has 1 N–H and O–H groups in total. The lowest BCUT2D eigenvalue weighted by Gasteiger charge is -2.38. The van der Waals surface area contributed by atoms with E-state index in [1.54, 1.807) is 11.8 Å². The molecule has 0 saturated carbocycles. The fraction of sp³-hybridized carbons (Fsp3) is 0.593. The van der Waals surface area contributed by atoms with Gasteiger partial charge in [-0.25, -0.2) is 9.59 Å². The molecule has 1 atom stereocenters. The molecule has 2 aliphatic rings. The van der Waals surface area contributed by atoms with Crippen LogP contribution in [-0.4, -0.2) is 78.5 Å². The van der Waals surface area contributed by atoms with E-state index in [4.69, 9.17) is 4.74 Å². The van der Waals surface area contributed by atoms with E-state index in [0.29, 0.717) is 37.4 Å². The third-order valence-corrected chi connectivity index (χ3v) is 6.75. The second kappa shape index (κ2) is 11.7. The predicted molar refractivity (Wildman–Crippen MR) is 136 cm³/mol. The maximum Gasteiger partial charge on any atom is 0.338 e. The quantitative estimate of drug-likeness (QED) is 0.600. The van der Waals surface area contributed by atoms with Gasteiger partial charge in [0.1, 0.15) is 0 Å². The molecule has 1 unspecified atom stereocenters. The molecule has 1 aromatic carbocycles. The Balaban J connectivity index is 2.00. The van der Waals surface area contributed by atoms with E-state index < -0.39 is 12.0 Å². The average molecular weight is 485 g/mol. The van der Waals surface area contributed by atoms with Crippen LogP contribution in [0.4, 0.5) is 4.79 Å². The number of hydrogen-bond acceptors (Lipinski definition) is 5. The van der Waals surface area contributed by atoms with Crippen LogP contribution in [0.2, 0.25) is 0 Å². The molecule has 0 aliphatic carbocycles. The summed E-state index contributed by atoms with van der Waals surface area (Å²) in [5.74, 6) is -0.270. The summed E-state index contributed by atoms with van der Waals surface area (Å²) < 4.78 is 5.50. The van der Waals surface area contributed by atoms with Gasteiger partial charge in [-0.2, -0.15) is 0 Å². The van der Waals surface area contributed by atoms with Crippen molar-refractivity contribution in [3.8, 4) is 0 Å². The Bertz CT molecular complexity index is 987. The van der Waals surface area contributed by atoms with Gasteiger partial charge in [-0.15, -0.1) is 0 Å². The second-order valence-corrected chi connectivity index (χ2v) is 9.68. The van der Waals surface area contributed by atoms with E-state index in [1.165, 1.54) is 0 Å². The van der Waals surface area contributed by atoms with Gasteiger partial charge in [-0.05, 0) is 45.2 Å². The molecule has 1 saturated heterocycles. The number of aryl methyl sites for hydroxylation is 2. The third kappa shape index (κ3) is 6.04. The van der Waals surface area contributed by atoms with Crippen LogP contribution in [0.25, 0.3) is 0 Å². The highest BCUT2D eigenvalue weighted by Gasteiger charge is 2.39. The number of nitrogens with one attached hydrogen (secondary N) is 1. The van der Waals surface area contributed by atoms with Gasteiger partial charge >= 0.3 is 12.0 Å². The molecule has 3 amide bonds. The number of amides is 3. The minimum absolute atomic E-state index is 0.0317. The van der Waals surface area contributed by atoms with Gasteiger partial charge in [0.15, 0.2) is 0 Å². The summed E-state index contributed by atoms with van der Waals surface area (Å²) in [4.78, 5) is 44.9. The van der Waals surface area contributed by atoms with Crippen LogP contribution in [-0.2, 0) is 14.3 Å².